The van der Waals surface area contributed by atoms with Crippen LogP contribution in [-0.4, -0.2) is 123 Å². The fourth-order valence-corrected chi connectivity index (χ4v) is 6.91. The van der Waals surface area contributed by atoms with E-state index in [0.717, 1.165) is 6.29 Å². The molecule has 0 bridgehead atoms. The van der Waals surface area contributed by atoms with Crippen molar-refractivity contribution in [2.75, 3.05) is 89.7 Å². The summed E-state index contributed by atoms with van der Waals surface area (Å²) in [5.74, 6) is 2.80. The number of pyridine rings is 2. The lowest BCUT2D eigenvalue weighted by atomic mass is 10.1. The standard InChI is InChI=1S/C44H46N14O6/c59-25-1-3-37-49-39(53-41(51-37)55-21-27-63-28-22-55)31-5-9-35(10-6-31)57(43(61)47-33-13-17-45-18-14-33)58(44(62)48-34-15-19-46-20-16-34)36-11-7-32(8-12-36)40-50-38(4-2-26-60)52-42(54-40)56-23-29-64-30-24-56/h5-20,25,60H,1-4,21-24,26-30H2,(H,45,47,61)(H,46,48,62). The molecule has 4 aromatic heterocycles. The minimum Gasteiger partial charge on any atom is -0.396 e. The Morgan fingerprint density at radius 2 is 1.02 bits per heavy atom. The molecule has 2 saturated heterocycles. The van der Waals surface area contributed by atoms with Gasteiger partial charge >= 0.3 is 12.1 Å². The van der Waals surface area contributed by atoms with E-state index in [-0.39, 0.29) is 13.0 Å². The van der Waals surface area contributed by atoms with Crippen molar-refractivity contribution < 1.29 is 29.0 Å². The van der Waals surface area contributed by atoms with Crippen molar-refractivity contribution in [3.63, 3.8) is 0 Å². The largest absolute Gasteiger partial charge is 0.396 e. The molecule has 0 spiro atoms. The van der Waals surface area contributed by atoms with Gasteiger partial charge < -0.3 is 39.8 Å². The van der Waals surface area contributed by atoms with Crippen LogP contribution in [0.2, 0.25) is 0 Å². The number of aromatic nitrogens is 8. The van der Waals surface area contributed by atoms with E-state index < -0.39 is 12.1 Å². The highest BCUT2D eigenvalue weighted by Crippen LogP contribution is 2.30. The second-order valence-corrected chi connectivity index (χ2v) is 14.5. The molecule has 2 aliphatic rings. The number of amides is 4. The van der Waals surface area contributed by atoms with Crippen molar-refractivity contribution >= 4 is 53.0 Å². The van der Waals surface area contributed by atoms with Crippen molar-refractivity contribution in [3.05, 3.63) is 109 Å². The quantitative estimate of drug-likeness (QED) is 0.100. The molecule has 3 N–H and O–H groups in total. The maximum absolute atomic E-state index is 14.6. The fourth-order valence-electron chi connectivity index (χ4n) is 6.91. The Labute approximate surface area is 368 Å². The van der Waals surface area contributed by atoms with Crippen LogP contribution in [0.4, 0.5) is 44.2 Å². The first-order chi connectivity index (χ1) is 31.4. The molecule has 0 aliphatic carbocycles. The van der Waals surface area contributed by atoms with Gasteiger partial charge in [-0.15, -0.1) is 0 Å². The van der Waals surface area contributed by atoms with Gasteiger partial charge in [-0.25, -0.2) is 19.6 Å². The number of nitrogens with one attached hydrogen (secondary N) is 2. The first-order valence-electron chi connectivity index (χ1n) is 20.9. The highest BCUT2D eigenvalue weighted by atomic mass is 16.5. The molecule has 20 nitrogen and oxygen atoms in total. The first kappa shape index (κ1) is 43.1. The third-order valence-electron chi connectivity index (χ3n) is 10.2. The number of aryl methyl sites for hydroxylation is 2. The first-order valence-corrected chi connectivity index (χ1v) is 20.9. The molecule has 6 aromatic rings. The summed E-state index contributed by atoms with van der Waals surface area (Å²) in [7, 11) is 0. The highest BCUT2D eigenvalue weighted by molar-refractivity contribution is 6.13. The van der Waals surface area contributed by atoms with Crippen LogP contribution in [0.25, 0.3) is 22.8 Å². The van der Waals surface area contributed by atoms with Crippen LogP contribution < -0.4 is 30.5 Å². The van der Waals surface area contributed by atoms with Crippen LogP contribution >= 0.6 is 0 Å². The monoisotopic (exact) mass is 866 g/mol. The number of hydrazine groups is 1. The molecule has 0 unspecified atom stereocenters. The van der Waals surface area contributed by atoms with E-state index in [4.69, 9.17) is 34.4 Å². The SMILES string of the molecule is O=CCCc1nc(-c2ccc(N(C(=O)Nc3ccncc3)N(C(=O)Nc3ccncc3)c3ccc(-c4nc(CCCO)nc(N5CCOCC5)n4)cc3)cc2)nc(N2CCOCC2)n1. The van der Waals surface area contributed by atoms with Crippen LogP contribution in [0, 0.1) is 0 Å². The van der Waals surface area contributed by atoms with Gasteiger partial charge in [0.1, 0.15) is 17.9 Å². The molecule has 328 valence electrons. The molecule has 0 saturated carbocycles. The van der Waals surface area contributed by atoms with Crippen LogP contribution in [-0.2, 0) is 27.1 Å². The van der Waals surface area contributed by atoms with Crippen molar-refractivity contribution in [2.24, 2.45) is 0 Å². The zero-order valence-electron chi connectivity index (χ0n) is 34.9. The number of urea groups is 2. The topological polar surface area (TPSA) is 230 Å². The van der Waals surface area contributed by atoms with Gasteiger partial charge in [0.05, 0.1) is 37.8 Å². The predicted octanol–water partition coefficient (Wildman–Crippen LogP) is 4.60. The highest BCUT2D eigenvalue weighted by Gasteiger charge is 2.31. The van der Waals surface area contributed by atoms with Crippen molar-refractivity contribution in [1.82, 2.24) is 39.9 Å². The Bertz CT molecular complexity index is 2490. The number of anilines is 6. The second-order valence-electron chi connectivity index (χ2n) is 14.5. The molecule has 6 heterocycles. The molecule has 2 fully saturated rings. The molecule has 20 heteroatoms. The summed E-state index contributed by atoms with van der Waals surface area (Å²) in [6, 6.07) is 19.1. The molecule has 2 aromatic carbocycles. The van der Waals surface area contributed by atoms with E-state index in [1.54, 1.807) is 97.6 Å². The maximum atomic E-state index is 14.6. The van der Waals surface area contributed by atoms with E-state index in [2.05, 4.69) is 25.6 Å². The number of morpholine rings is 2. The average molecular weight is 867 g/mol. The minimum atomic E-state index is -0.667. The van der Waals surface area contributed by atoms with E-state index in [1.165, 1.54) is 10.0 Å². The zero-order valence-corrected chi connectivity index (χ0v) is 34.9. The Kier molecular flexibility index (Phi) is 14.2. The van der Waals surface area contributed by atoms with Gasteiger partial charge in [-0.2, -0.15) is 30.0 Å². The number of aliphatic hydroxyl groups is 1. The number of nitrogens with zero attached hydrogens (tertiary/aromatic N) is 12. The summed E-state index contributed by atoms with van der Waals surface area (Å²) < 4.78 is 11.1. The van der Waals surface area contributed by atoms with E-state index in [9.17, 15) is 19.5 Å². The lowest BCUT2D eigenvalue weighted by Gasteiger charge is -2.35. The molecule has 0 radical (unpaired) electrons. The van der Waals surface area contributed by atoms with Crippen LogP contribution in [0.5, 0.6) is 0 Å². The predicted molar refractivity (Wildman–Crippen MR) is 238 cm³/mol. The van der Waals surface area contributed by atoms with Crippen LogP contribution in [0.3, 0.4) is 0 Å². The van der Waals surface area contributed by atoms with Crippen molar-refractivity contribution in [3.8, 4) is 22.8 Å². The fraction of sp³-hybridized carbons (Fsp3) is 0.295. The zero-order chi connectivity index (χ0) is 44.1. The van der Waals surface area contributed by atoms with Gasteiger partial charge in [0.2, 0.25) is 11.9 Å². The molecule has 0 atom stereocenters. The van der Waals surface area contributed by atoms with Crippen LogP contribution in [0.1, 0.15) is 24.5 Å². The molecule has 64 heavy (non-hydrogen) atoms. The Morgan fingerprint density at radius 1 is 0.594 bits per heavy atom. The number of aldehydes is 1. The molecule has 4 amide bonds. The summed E-state index contributed by atoms with van der Waals surface area (Å²) in [5, 5.41) is 17.8. The van der Waals surface area contributed by atoms with Gasteiger partial charge in [0, 0.05) is 99.3 Å². The van der Waals surface area contributed by atoms with Gasteiger partial charge in [0.15, 0.2) is 11.6 Å². The number of rotatable bonds is 14. The van der Waals surface area contributed by atoms with E-state index >= 15 is 0 Å². The summed E-state index contributed by atoms with van der Waals surface area (Å²) in [6.07, 6.45) is 8.54. The smallest absolute Gasteiger partial charge is 0.345 e. The molecular formula is C44H46N14O6. The Morgan fingerprint density at radius 3 is 1.42 bits per heavy atom. The number of ether oxygens (including phenoxy) is 2. The van der Waals surface area contributed by atoms with E-state index in [0.29, 0.717) is 141 Å². The Balaban J connectivity index is 1.19. The number of hydrogen-bond donors (Lipinski definition) is 3. The van der Waals surface area contributed by atoms with Gasteiger partial charge in [-0.05, 0) is 79.2 Å². The number of carbonyl (C=O) groups is 3. The number of hydrogen-bond acceptors (Lipinski definition) is 16. The number of benzene rings is 2. The normalized spacial score (nSPS) is 13.8. The summed E-state index contributed by atoms with van der Waals surface area (Å²) in [4.78, 5) is 81.1. The maximum Gasteiger partial charge on any atom is 0.345 e. The Hall–Kier alpha value is -7.55. The van der Waals surface area contributed by atoms with Crippen molar-refractivity contribution in [2.45, 2.75) is 25.7 Å². The number of aliphatic hydroxyl groups excluding tert-OH is 1. The summed E-state index contributed by atoms with van der Waals surface area (Å²) in [6.45, 7) is 4.59. The van der Waals surface area contributed by atoms with Crippen molar-refractivity contribution in [1.29, 1.82) is 0 Å². The van der Waals surface area contributed by atoms with Gasteiger partial charge in [-0.3, -0.25) is 9.97 Å². The van der Waals surface area contributed by atoms with Gasteiger partial charge in [-0.1, -0.05) is 0 Å². The number of carbonyl (C=O) groups excluding carboxylic acids is 3. The average Bonchev–Trinajstić information content (AvgIpc) is 3.35. The van der Waals surface area contributed by atoms with Gasteiger partial charge in [0.25, 0.3) is 0 Å². The third kappa shape index (κ3) is 10.7. The molecular weight excluding hydrogens is 821 g/mol. The lowest BCUT2D eigenvalue weighted by Crippen LogP contribution is -2.53. The second kappa shape index (κ2) is 21.0. The molecule has 2 aliphatic heterocycles. The van der Waals surface area contributed by atoms with Crippen LogP contribution in [0.15, 0.2) is 97.6 Å². The summed E-state index contributed by atoms with van der Waals surface area (Å²) >= 11 is 0. The lowest BCUT2D eigenvalue weighted by molar-refractivity contribution is -0.107. The van der Waals surface area contributed by atoms with E-state index in [1.807, 2.05) is 9.80 Å². The summed E-state index contributed by atoms with van der Waals surface area (Å²) in [5.41, 5.74) is 2.77. The third-order valence-corrected chi connectivity index (χ3v) is 10.2. The molecule has 8 rings (SSSR count). The minimum absolute atomic E-state index is 0.00919.